The summed E-state index contributed by atoms with van der Waals surface area (Å²) in [6.07, 6.45) is -0.897. The van der Waals surface area contributed by atoms with Crippen molar-refractivity contribution in [3.63, 3.8) is 0 Å². The van der Waals surface area contributed by atoms with E-state index in [2.05, 4.69) is 15.9 Å². The number of carboxylic acids is 1. The monoisotopic (exact) mass is 299 g/mol. The van der Waals surface area contributed by atoms with Crippen molar-refractivity contribution in [1.82, 2.24) is 0 Å². The van der Waals surface area contributed by atoms with Gasteiger partial charge in [-0.05, 0) is 18.2 Å². The Morgan fingerprint density at radius 2 is 2.24 bits per heavy atom. The van der Waals surface area contributed by atoms with Gasteiger partial charge in [-0.25, -0.2) is 4.79 Å². The summed E-state index contributed by atoms with van der Waals surface area (Å²) in [5, 5.41) is 9.07. The van der Waals surface area contributed by atoms with Gasteiger partial charge in [0.05, 0.1) is 0 Å². The molecule has 0 radical (unpaired) electrons. The highest BCUT2D eigenvalue weighted by atomic mass is 79.9. The van der Waals surface area contributed by atoms with Crippen molar-refractivity contribution in [2.75, 3.05) is 12.0 Å². The maximum Gasteiger partial charge on any atom is 0.330 e. The Bertz CT molecular complexity index is 476. The van der Waals surface area contributed by atoms with Gasteiger partial charge < -0.3 is 9.84 Å². The Morgan fingerprint density at radius 3 is 2.76 bits per heavy atom. The fourth-order valence-corrected chi connectivity index (χ4v) is 2.23. The van der Waals surface area contributed by atoms with E-state index < -0.39 is 18.1 Å². The lowest BCUT2D eigenvalue weighted by atomic mass is 9.97. The number of ether oxygens (including phenoxy) is 1. The molecule has 17 heavy (non-hydrogen) atoms. The van der Waals surface area contributed by atoms with Crippen LogP contribution in [-0.2, 0) is 14.3 Å². The summed E-state index contributed by atoms with van der Waals surface area (Å²) in [7, 11) is 1.33. The van der Waals surface area contributed by atoms with Crippen molar-refractivity contribution >= 4 is 33.5 Å². The highest BCUT2D eigenvalue weighted by molar-refractivity contribution is 9.10. The number of carbonyl (C=O) groups is 2. The molecule has 0 saturated carbocycles. The number of rotatable bonds is 3. The average Bonchev–Trinajstić information content (AvgIpc) is 2.26. The van der Waals surface area contributed by atoms with Crippen LogP contribution in [0.5, 0.6) is 0 Å². The summed E-state index contributed by atoms with van der Waals surface area (Å²) < 4.78 is 5.66. The molecule has 1 N–H and O–H groups in total. The molecule has 90 valence electrons. The molecule has 1 aliphatic rings. The number of nitrogens with zero attached hydrogens (tertiary/aromatic N) is 1. The SMILES string of the molecule is COC1C(=O)N(c2cccc(Br)c2)C1C(=O)O. The van der Waals surface area contributed by atoms with Gasteiger partial charge in [0.2, 0.25) is 0 Å². The number of aliphatic carboxylic acids is 1. The second kappa shape index (κ2) is 4.46. The molecule has 1 amide bonds. The largest absolute Gasteiger partial charge is 0.480 e. The van der Waals surface area contributed by atoms with Crippen molar-refractivity contribution in [3.8, 4) is 0 Å². The third-order valence-corrected chi connectivity index (χ3v) is 3.13. The number of halogens is 1. The highest BCUT2D eigenvalue weighted by Gasteiger charge is 2.53. The molecule has 1 fully saturated rings. The number of anilines is 1. The maximum absolute atomic E-state index is 11.7. The standard InChI is InChI=1S/C11H10BrNO4/c1-17-9-8(11(15)16)13(10(9)14)7-4-2-3-6(12)5-7/h2-5,8-9H,1H3,(H,15,16). The first-order valence-corrected chi connectivity index (χ1v) is 5.70. The average molecular weight is 300 g/mol. The van der Waals surface area contributed by atoms with E-state index in [0.717, 1.165) is 4.47 Å². The van der Waals surface area contributed by atoms with Crippen LogP contribution in [0.4, 0.5) is 5.69 Å². The van der Waals surface area contributed by atoms with E-state index in [1.807, 2.05) is 0 Å². The molecule has 0 bridgehead atoms. The van der Waals surface area contributed by atoms with Crippen LogP contribution in [0.15, 0.2) is 28.7 Å². The van der Waals surface area contributed by atoms with Crippen LogP contribution in [0.1, 0.15) is 0 Å². The zero-order chi connectivity index (χ0) is 12.6. The molecule has 0 aromatic heterocycles. The van der Waals surface area contributed by atoms with Crippen LogP contribution in [0.2, 0.25) is 0 Å². The Kier molecular flexibility index (Phi) is 3.17. The predicted octanol–water partition coefficient (Wildman–Crippen LogP) is 1.26. The quantitative estimate of drug-likeness (QED) is 0.854. The van der Waals surface area contributed by atoms with Gasteiger partial charge in [-0.1, -0.05) is 22.0 Å². The minimum Gasteiger partial charge on any atom is -0.480 e. The van der Waals surface area contributed by atoms with E-state index in [1.165, 1.54) is 12.0 Å². The normalized spacial score (nSPS) is 23.4. The summed E-state index contributed by atoms with van der Waals surface area (Å²) in [5.74, 6) is -1.41. The summed E-state index contributed by atoms with van der Waals surface area (Å²) >= 11 is 3.28. The first kappa shape index (κ1) is 12.1. The second-order valence-electron chi connectivity index (χ2n) is 3.63. The molecular formula is C11H10BrNO4. The van der Waals surface area contributed by atoms with Crippen LogP contribution in [0, 0.1) is 0 Å². The van der Waals surface area contributed by atoms with E-state index in [0.29, 0.717) is 5.69 Å². The minimum atomic E-state index is -1.07. The Labute approximate surface area is 106 Å². The third-order valence-electron chi connectivity index (χ3n) is 2.64. The molecule has 5 nitrogen and oxygen atoms in total. The molecular weight excluding hydrogens is 290 g/mol. The first-order chi connectivity index (χ1) is 8.06. The van der Waals surface area contributed by atoms with Crippen molar-refractivity contribution in [3.05, 3.63) is 28.7 Å². The maximum atomic E-state index is 11.7. The van der Waals surface area contributed by atoms with E-state index in [9.17, 15) is 9.59 Å². The molecule has 1 heterocycles. The zero-order valence-corrected chi connectivity index (χ0v) is 10.5. The topological polar surface area (TPSA) is 66.8 Å². The van der Waals surface area contributed by atoms with Gasteiger partial charge in [0.25, 0.3) is 5.91 Å². The van der Waals surface area contributed by atoms with Gasteiger partial charge >= 0.3 is 5.97 Å². The van der Waals surface area contributed by atoms with Gasteiger partial charge in [0.1, 0.15) is 0 Å². The first-order valence-electron chi connectivity index (χ1n) is 4.90. The molecule has 6 heteroatoms. The number of β-lactam (4-membered cyclic amide) rings is 1. The molecule has 1 aromatic rings. The molecule has 1 saturated heterocycles. The summed E-state index contributed by atoms with van der Waals surface area (Å²) in [6.45, 7) is 0. The van der Waals surface area contributed by atoms with Gasteiger partial charge in [-0.2, -0.15) is 0 Å². The fraction of sp³-hybridized carbons (Fsp3) is 0.273. The van der Waals surface area contributed by atoms with Gasteiger partial charge in [0, 0.05) is 17.3 Å². The van der Waals surface area contributed by atoms with Gasteiger partial charge in [-0.15, -0.1) is 0 Å². The molecule has 1 aromatic carbocycles. The number of hydrogen-bond acceptors (Lipinski definition) is 3. The number of benzene rings is 1. The fourth-order valence-electron chi connectivity index (χ4n) is 1.85. The third kappa shape index (κ3) is 1.94. The molecule has 2 unspecified atom stereocenters. The summed E-state index contributed by atoms with van der Waals surface area (Å²) in [5.41, 5.74) is 0.546. The smallest absolute Gasteiger partial charge is 0.330 e. The van der Waals surface area contributed by atoms with Crippen LogP contribution in [-0.4, -0.2) is 36.2 Å². The predicted molar refractivity (Wildman–Crippen MR) is 63.8 cm³/mol. The number of methoxy groups -OCH3 is 1. The highest BCUT2D eigenvalue weighted by Crippen LogP contribution is 2.31. The molecule has 0 aliphatic carbocycles. The van der Waals surface area contributed by atoms with Crippen LogP contribution >= 0.6 is 15.9 Å². The minimum absolute atomic E-state index is 0.335. The van der Waals surface area contributed by atoms with E-state index in [4.69, 9.17) is 9.84 Å². The van der Waals surface area contributed by atoms with Gasteiger partial charge in [-0.3, -0.25) is 9.69 Å². The van der Waals surface area contributed by atoms with Crippen molar-refractivity contribution in [2.24, 2.45) is 0 Å². The number of carbonyl (C=O) groups excluding carboxylic acids is 1. The Hall–Kier alpha value is -1.40. The van der Waals surface area contributed by atoms with Crippen LogP contribution in [0.3, 0.4) is 0 Å². The van der Waals surface area contributed by atoms with Crippen molar-refractivity contribution in [2.45, 2.75) is 12.1 Å². The van der Waals surface area contributed by atoms with Crippen molar-refractivity contribution in [1.29, 1.82) is 0 Å². The summed E-state index contributed by atoms with van der Waals surface area (Å²) in [4.78, 5) is 24.0. The van der Waals surface area contributed by atoms with E-state index in [-0.39, 0.29) is 5.91 Å². The molecule has 1 aliphatic heterocycles. The lowest BCUT2D eigenvalue weighted by molar-refractivity contribution is -0.155. The van der Waals surface area contributed by atoms with E-state index in [1.54, 1.807) is 24.3 Å². The van der Waals surface area contributed by atoms with Crippen LogP contribution < -0.4 is 4.90 Å². The lowest BCUT2D eigenvalue weighted by Gasteiger charge is -2.43. The Morgan fingerprint density at radius 1 is 1.53 bits per heavy atom. The second-order valence-corrected chi connectivity index (χ2v) is 4.54. The van der Waals surface area contributed by atoms with Crippen molar-refractivity contribution < 1.29 is 19.4 Å². The number of hydrogen-bond donors (Lipinski definition) is 1. The molecule has 0 spiro atoms. The molecule has 2 atom stereocenters. The van der Waals surface area contributed by atoms with Gasteiger partial charge in [0.15, 0.2) is 12.1 Å². The van der Waals surface area contributed by atoms with Crippen LogP contribution in [0.25, 0.3) is 0 Å². The summed E-state index contributed by atoms with van der Waals surface area (Å²) in [6, 6.07) is 5.97. The lowest BCUT2D eigenvalue weighted by Crippen LogP contribution is -2.69. The van der Waals surface area contributed by atoms with E-state index >= 15 is 0 Å². The Balaban J connectivity index is 2.32. The molecule has 2 rings (SSSR count). The number of amides is 1. The number of carboxylic acid groups (broad SMARTS) is 1. The zero-order valence-electron chi connectivity index (χ0n) is 8.96.